The Bertz CT molecular complexity index is 265. The monoisotopic (exact) mass is 282 g/mol. The summed E-state index contributed by atoms with van der Waals surface area (Å²) in [6.07, 6.45) is 11.9. The zero-order chi connectivity index (χ0) is 14.1. The van der Waals surface area contributed by atoms with E-state index in [-0.39, 0.29) is 0 Å². The first kappa shape index (κ1) is 17.0. The lowest BCUT2D eigenvalue weighted by Crippen LogP contribution is -2.23. The van der Waals surface area contributed by atoms with Crippen molar-refractivity contribution in [2.24, 2.45) is 5.92 Å². The maximum Gasteiger partial charge on any atom is 0.0531 e. The Balaban J connectivity index is 2.34. The first-order valence-corrected chi connectivity index (χ1v) is 12.0. The van der Waals surface area contributed by atoms with E-state index in [0.29, 0.717) is 5.92 Å². The Morgan fingerprint density at radius 3 is 2.63 bits per heavy atom. The molecule has 0 bridgehead atoms. The summed E-state index contributed by atoms with van der Waals surface area (Å²) in [5.41, 5.74) is 1.70. The average molecular weight is 283 g/mol. The third-order valence-electron chi connectivity index (χ3n) is 4.07. The predicted molar refractivity (Wildman–Crippen MR) is 88.5 cm³/mol. The molecule has 0 aromatic carbocycles. The lowest BCUT2D eigenvalue weighted by Gasteiger charge is -2.24. The number of unbranched alkanes of at least 4 members (excludes halogenated alkanes) is 1. The van der Waals surface area contributed by atoms with Crippen LogP contribution >= 0.6 is 0 Å². The van der Waals surface area contributed by atoms with Gasteiger partial charge < -0.3 is 4.74 Å². The fraction of sp³-hybridized carbons (Fsp3) is 0.882. The van der Waals surface area contributed by atoms with Crippen molar-refractivity contribution >= 4 is 8.07 Å². The van der Waals surface area contributed by atoms with Gasteiger partial charge >= 0.3 is 0 Å². The summed E-state index contributed by atoms with van der Waals surface area (Å²) in [4.78, 5) is 0. The van der Waals surface area contributed by atoms with Crippen molar-refractivity contribution in [1.82, 2.24) is 0 Å². The fourth-order valence-electron chi connectivity index (χ4n) is 2.66. The van der Waals surface area contributed by atoms with E-state index in [2.05, 4.69) is 32.6 Å². The Morgan fingerprint density at radius 1 is 1.26 bits per heavy atom. The standard InChI is InChI=1S/C17H34OSi/c1-5-6-10-17(16-11-8-7-9-12-16)15-18-13-14-19(2,3)4/h11,17H,5-10,12-15H2,1-4H3/t17-/m0/s1. The van der Waals surface area contributed by atoms with Gasteiger partial charge in [-0.05, 0) is 38.1 Å². The van der Waals surface area contributed by atoms with Crippen LogP contribution in [-0.4, -0.2) is 21.3 Å². The second kappa shape index (κ2) is 8.96. The molecule has 19 heavy (non-hydrogen) atoms. The number of allylic oxidation sites excluding steroid dienone is 1. The van der Waals surface area contributed by atoms with E-state index >= 15 is 0 Å². The number of hydrogen-bond donors (Lipinski definition) is 0. The van der Waals surface area contributed by atoms with Crippen LogP contribution in [0.1, 0.15) is 51.9 Å². The number of rotatable bonds is 9. The molecule has 1 aliphatic rings. The molecule has 0 aromatic heterocycles. The van der Waals surface area contributed by atoms with Crippen LogP contribution < -0.4 is 0 Å². The molecule has 0 amide bonds. The number of hydrogen-bond acceptors (Lipinski definition) is 1. The topological polar surface area (TPSA) is 9.23 Å². The average Bonchev–Trinajstić information content (AvgIpc) is 2.38. The van der Waals surface area contributed by atoms with E-state index in [1.165, 1.54) is 51.0 Å². The van der Waals surface area contributed by atoms with Crippen molar-refractivity contribution in [2.45, 2.75) is 77.6 Å². The summed E-state index contributed by atoms with van der Waals surface area (Å²) in [5.74, 6) is 0.710. The normalized spacial score (nSPS) is 18.2. The minimum absolute atomic E-state index is 0.710. The number of ether oxygens (including phenoxy) is 1. The third kappa shape index (κ3) is 7.94. The van der Waals surface area contributed by atoms with Crippen LogP contribution in [0.25, 0.3) is 0 Å². The van der Waals surface area contributed by atoms with Crippen LogP contribution in [0.2, 0.25) is 25.7 Å². The largest absolute Gasteiger partial charge is 0.381 e. The Kier molecular flexibility index (Phi) is 8.01. The van der Waals surface area contributed by atoms with E-state index in [9.17, 15) is 0 Å². The van der Waals surface area contributed by atoms with Gasteiger partial charge in [0.05, 0.1) is 6.61 Å². The molecule has 0 heterocycles. The molecule has 0 unspecified atom stereocenters. The van der Waals surface area contributed by atoms with E-state index in [0.717, 1.165) is 13.2 Å². The van der Waals surface area contributed by atoms with E-state index in [4.69, 9.17) is 4.74 Å². The van der Waals surface area contributed by atoms with Crippen molar-refractivity contribution in [1.29, 1.82) is 0 Å². The molecule has 1 atom stereocenters. The van der Waals surface area contributed by atoms with Crippen molar-refractivity contribution in [2.75, 3.05) is 13.2 Å². The van der Waals surface area contributed by atoms with Crippen LogP contribution in [0, 0.1) is 5.92 Å². The Hall–Kier alpha value is -0.0831. The quantitative estimate of drug-likeness (QED) is 0.302. The molecule has 1 nitrogen and oxygen atoms in total. The minimum Gasteiger partial charge on any atom is -0.381 e. The van der Waals surface area contributed by atoms with Crippen LogP contribution in [-0.2, 0) is 4.74 Å². The van der Waals surface area contributed by atoms with Crippen LogP contribution in [0.4, 0.5) is 0 Å². The molecule has 0 fully saturated rings. The molecular weight excluding hydrogens is 248 g/mol. The first-order valence-electron chi connectivity index (χ1n) is 8.29. The zero-order valence-electron chi connectivity index (χ0n) is 13.6. The van der Waals surface area contributed by atoms with Gasteiger partial charge in [0.2, 0.25) is 0 Å². The zero-order valence-corrected chi connectivity index (χ0v) is 14.6. The van der Waals surface area contributed by atoms with Gasteiger partial charge in [0.15, 0.2) is 0 Å². The lowest BCUT2D eigenvalue weighted by molar-refractivity contribution is 0.115. The highest BCUT2D eigenvalue weighted by atomic mass is 28.3. The van der Waals surface area contributed by atoms with Crippen molar-refractivity contribution < 1.29 is 4.74 Å². The van der Waals surface area contributed by atoms with Gasteiger partial charge in [-0.2, -0.15) is 0 Å². The SMILES string of the molecule is CCCC[C@@H](COCC[Si](C)(C)C)C1=CCCCC1. The maximum absolute atomic E-state index is 6.02. The summed E-state index contributed by atoms with van der Waals surface area (Å²) in [7, 11) is -0.934. The third-order valence-corrected chi connectivity index (χ3v) is 5.78. The Morgan fingerprint density at radius 2 is 2.05 bits per heavy atom. The van der Waals surface area contributed by atoms with Gasteiger partial charge in [0, 0.05) is 20.6 Å². The predicted octanol–water partition coefficient (Wildman–Crippen LogP) is 5.65. The molecule has 0 N–H and O–H groups in total. The minimum atomic E-state index is -0.934. The molecule has 0 aliphatic heterocycles. The second-order valence-electron chi connectivity index (χ2n) is 7.25. The van der Waals surface area contributed by atoms with E-state index < -0.39 is 8.07 Å². The van der Waals surface area contributed by atoms with Gasteiger partial charge in [0.1, 0.15) is 0 Å². The molecule has 1 aliphatic carbocycles. The van der Waals surface area contributed by atoms with Crippen LogP contribution in [0.15, 0.2) is 11.6 Å². The second-order valence-corrected chi connectivity index (χ2v) is 12.9. The van der Waals surface area contributed by atoms with Gasteiger partial charge in [-0.15, -0.1) is 0 Å². The summed E-state index contributed by atoms with van der Waals surface area (Å²) < 4.78 is 6.02. The molecule has 0 saturated carbocycles. The highest BCUT2D eigenvalue weighted by Gasteiger charge is 2.17. The van der Waals surface area contributed by atoms with Crippen molar-refractivity contribution in [3.63, 3.8) is 0 Å². The molecule has 0 spiro atoms. The van der Waals surface area contributed by atoms with E-state index in [1.54, 1.807) is 5.57 Å². The molecule has 0 radical (unpaired) electrons. The van der Waals surface area contributed by atoms with Crippen LogP contribution in [0.5, 0.6) is 0 Å². The first-order chi connectivity index (χ1) is 9.03. The van der Waals surface area contributed by atoms with Gasteiger partial charge in [-0.25, -0.2) is 0 Å². The molecule has 0 saturated heterocycles. The highest BCUT2D eigenvalue weighted by Crippen LogP contribution is 2.28. The maximum atomic E-state index is 6.02. The van der Waals surface area contributed by atoms with E-state index in [1.807, 2.05) is 0 Å². The van der Waals surface area contributed by atoms with Crippen molar-refractivity contribution in [3.05, 3.63) is 11.6 Å². The van der Waals surface area contributed by atoms with Gasteiger partial charge in [-0.1, -0.05) is 51.1 Å². The summed E-state index contributed by atoms with van der Waals surface area (Å²) in [5, 5.41) is 0. The molecule has 2 heteroatoms. The van der Waals surface area contributed by atoms with Crippen molar-refractivity contribution in [3.8, 4) is 0 Å². The fourth-order valence-corrected chi connectivity index (χ4v) is 3.42. The molecule has 1 rings (SSSR count). The summed E-state index contributed by atoms with van der Waals surface area (Å²) in [6, 6.07) is 1.30. The summed E-state index contributed by atoms with van der Waals surface area (Å²) in [6.45, 7) is 11.5. The molecular formula is C17H34OSi. The smallest absolute Gasteiger partial charge is 0.0531 e. The molecule has 0 aromatic rings. The lowest BCUT2D eigenvalue weighted by atomic mass is 9.86. The molecule has 112 valence electrons. The Labute approximate surface area is 121 Å². The summed E-state index contributed by atoms with van der Waals surface area (Å²) >= 11 is 0. The highest BCUT2D eigenvalue weighted by molar-refractivity contribution is 6.76. The van der Waals surface area contributed by atoms with Crippen LogP contribution in [0.3, 0.4) is 0 Å². The van der Waals surface area contributed by atoms with Gasteiger partial charge in [0.25, 0.3) is 0 Å². The van der Waals surface area contributed by atoms with Gasteiger partial charge in [-0.3, -0.25) is 0 Å².